The summed E-state index contributed by atoms with van der Waals surface area (Å²) in [6.45, 7) is 1.97. The second-order valence-electron chi connectivity index (χ2n) is 4.74. The summed E-state index contributed by atoms with van der Waals surface area (Å²) < 4.78 is 4.81. The summed E-state index contributed by atoms with van der Waals surface area (Å²) in [5.41, 5.74) is 2.11. The Balaban J connectivity index is 2.06. The van der Waals surface area contributed by atoms with E-state index >= 15 is 0 Å². The SMILES string of the molecule is CCOC(=O)CC(=O)c1ncccc1CCc1ccccn1. The molecule has 5 nitrogen and oxygen atoms in total. The number of aryl methyl sites for hydroxylation is 2. The van der Waals surface area contributed by atoms with Crippen LogP contribution in [-0.2, 0) is 22.4 Å². The van der Waals surface area contributed by atoms with Crippen LogP contribution in [-0.4, -0.2) is 28.3 Å². The molecule has 2 aromatic heterocycles. The Morgan fingerprint density at radius 2 is 1.86 bits per heavy atom. The molecular weight excluding hydrogens is 280 g/mol. The number of nitrogens with zero attached hydrogens (tertiary/aromatic N) is 2. The van der Waals surface area contributed by atoms with Crippen LogP contribution in [0.2, 0.25) is 0 Å². The molecule has 0 bridgehead atoms. The van der Waals surface area contributed by atoms with Crippen molar-refractivity contribution in [3.63, 3.8) is 0 Å². The molecule has 0 saturated carbocycles. The molecule has 0 atom stereocenters. The quantitative estimate of drug-likeness (QED) is 0.446. The highest BCUT2D eigenvalue weighted by atomic mass is 16.5. The number of ketones is 1. The fourth-order valence-corrected chi connectivity index (χ4v) is 2.13. The minimum atomic E-state index is -0.520. The van der Waals surface area contributed by atoms with Gasteiger partial charge in [-0.25, -0.2) is 0 Å². The molecule has 0 fully saturated rings. The average molecular weight is 298 g/mol. The number of esters is 1. The van der Waals surface area contributed by atoms with Gasteiger partial charge in [-0.2, -0.15) is 0 Å². The number of carbonyl (C=O) groups is 2. The Morgan fingerprint density at radius 1 is 1.05 bits per heavy atom. The van der Waals surface area contributed by atoms with Gasteiger partial charge in [-0.15, -0.1) is 0 Å². The zero-order valence-electron chi connectivity index (χ0n) is 12.5. The van der Waals surface area contributed by atoms with Gasteiger partial charge in [0.15, 0.2) is 5.78 Å². The second kappa shape index (κ2) is 8.02. The molecule has 0 aliphatic carbocycles. The predicted octanol–water partition coefficient (Wildman–Crippen LogP) is 2.40. The lowest BCUT2D eigenvalue weighted by Crippen LogP contribution is -2.14. The second-order valence-corrected chi connectivity index (χ2v) is 4.74. The third-order valence-corrected chi connectivity index (χ3v) is 3.14. The summed E-state index contributed by atoms with van der Waals surface area (Å²) in [7, 11) is 0. The van der Waals surface area contributed by atoms with Crippen molar-refractivity contribution in [1.29, 1.82) is 0 Å². The topological polar surface area (TPSA) is 69.2 Å². The van der Waals surface area contributed by atoms with Crippen molar-refractivity contribution in [2.75, 3.05) is 6.61 Å². The highest BCUT2D eigenvalue weighted by molar-refractivity contribution is 6.05. The monoisotopic (exact) mass is 298 g/mol. The first-order chi connectivity index (χ1) is 10.7. The van der Waals surface area contributed by atoms with Gasteiger partial charge in [0.05, 0.1) is 6.61 Å². The van der Waals surface area contributed by atoms with Crippen LogP contribution < -0.4 is 0 Å². The largest absolute Gasteiger partial charge is 0.466 e. The van der Waals surface area contributed by atoms with Gasteiger partial charge in [0.25, 0.3) is 0 Å². The summed E-state index contributed by atoms with van der Waals surface area (Å²) in [6.07, 6.45) is 4.39. The van der Waals surface area contributed by atoms with E-state index in [1.54, 1.807) is 25.4 Å². The van der Waals surface area contributed by atoms with E-state index in [1.807, 2.05) is 24.3 Å². The van der Waals surface area contributed by atoms with Gasteiger partial charge in [-0.05, 0) is 43.5 Å². The maximum absolute atomic E-state index is 12.2. The summed E-state index contributed by atoms with van der Waals surface area (Å²) in [4.78, 5) is 32.0. The molecule has 0 amide bonds. The molecule has 0 aliphatic rings. The first-order valence-electron chi connectivity index (χ1n) is 7.23. The molecule has 0 spiro atoms. The lowest BCUT2D eigenvalue weighted by Gasteiger charge is -2.07. The first-order valence-corrected chi connectivity index (χ1v) is 7.23. The van der Waals surface area contributed by atoms with E-state index in [-0.39, 0.29) is 18.8 Å². The molecule has 114 valence electrons. The zero-order valence-corrected chi connectivity index (χ0v) is 12.5. The summed E-state index contributed by atoms with van der Waals surface area (Å²) in [6, 6.07) is 9.37. The minimum absolute atomic E-state index is 0.265. The van der Waals surface area contributed by atoms with Crippen LogP contribution >= 0.6 is 0 Å². The van der Waals surface area contributed by atoms with Gasteiger partial charge in [0.1, 0.15) is 12.1 Å². The van der Waals surface area contributed by atoms with Crippen LogP contribution in [0.25, 0.3) is 0 Å². The van der Waals surface area contributed by atoms with Crippen molar-refractivity contribution < 1.29 is 14.3 Å². The fraction of sp³-hybridized carbons (Fsp3) is 0.294. The molecule has 22 heavy (non-hydrogen) atoms. The zero-order chi connectivity index (χ0) is 15.8. The van der Waals surface area contributed by atoms with Crippen LogP contribution in [0.1, 0.15) is 35.1 Å². The van der Waals surface area contributed by atoms with Gasteiger partial charge >= 0.3 is 5.97 Å². The van der Waals surface area contributed by atoms with Gasteiger partial charge in [-0.3, -0.25) is 19.6 Å². The van der Waals surface area contributed by atoms with Crippen LogP contribution in [0.3, 0.4) is 0 Å². The Hall–Kier alpha value is -2.56. The number of rotatable bonds is 7. The third kappa shape index (κ3) is 4.48. The lowest BCUT2D eigenvalue weighted by molar-refractivity contribution is -0.141. The van der Waals surface area contributed by atoms with Crippen molar-refractivity contribution in [3.05, 3.63) is 59.7 Å². The van der Waals surface area contributed by atoms with Crippen LogP contribution in [0.15, 0.2) is 42.7 Å². The number of carbonyl (C=O) groups excluding carboxylic acids is 2. The lowest BCUT2D eigenvalue weighted by atomic mass is 10.0. The van der Waals surface area contributed by atoms with Gasteiger partial charge in [-0.1, -0.05) is 12.1 Å². The highest BCUT2D eigenvalue weighted by Crippen LogP contribution is 2.12. The number of aromatic nitrogens is 2. The van der Waals surface area contributed by atoms with E-state index in [4.69, 9.17) is 4.74 Å². The normalized spacial score (nSPS) is 10.2. The summed E-state index contributed by atoms with van der Waals surface area (Å²) >= 11 is 0. The predicted molar refractivity (Wildman–Crippen MR) is 81.5 cm³/mol. The number of ether oxygens (including phenoxy) is 1. The van der Waals surface area contributed by atoms with E-state index in [0.717, 1.165) is 11.3 Å². The van der Waals surface area contributed by atoms with Crippen LogP contribution in [0.5, 0.6) is 0 Å². The van der Waals surface area contributed by atoms with Crippen molar-refractivity contribution in [2.45, 2.75) is 26.2 Å². The summed E-state index contributed by atoms with van der Waals surface area (Å²) in [5, 5.41) is 0. The van der Waals surface area contributed by atoms with Crippen molar-refractivity contribution in [2.24, 2.45) is 0 Å². The van der Waals surface area contributed by atoms with Crippen LogP contribution in [0.4, 0.5) is 0 Å². The molecule has 0 unspecified atom stereocenters. The van der Waals surface area contributed by atoms with Crippen molar-refractivity contribution >= 4 is 11.8 Å². The van der Waals surface area contributed by atoms with E-state index < -0.39 is 5.97 Å². The maximum Gasteiger partial charge on any atom is 0.313 e. The number of pyridine rings is 2. The smallest absolute Gasteiger partial charge is 0.313 e. The van der Waals surface area contributed by atoms with Gasteiger partial charge in [0, 0.05) is 18.1 Å². The molecule has 5 heteroatoms. The molecule has 0 N–H and O–H groups in total. The number of Topliss-reactive ketones (excluding diaryl/α,β-unsaturated/α-hetero) is 1. The summed E-state index contributed by atoms with van der Waals surface area (Å²) in [5.74, 6) is -0.830. The molecule has 0 radical (unpaired) electrons. The number of hydrogen-bond donors (Lipinski definition) is 0. The van der Waals surface area contributed by atoms with Crippen molar-refractivity contribution in [1.82, 2.24) is 9.97 Å². The Morgan fingerprint density at radius 3 is 2.59 bits per heavy atom. The Labute approximate surface area is 129 Å². The van der Waals surface area contributed by atoms with E-state index in [0.29, 0.717) is 18.5 Å². The molecule has 0 saturated heterocycles. The van der Waals surface area contributed by atoms with Gasteiger partial charge < -0.3 is 4.74 Å². The number of hydrogen-bond acceptors (Lipinski definition) is 5. The molecule has 2 aromatic rings. The standard InChI is InChI=1S/C17H18N2O3/c1-2-22-16(21)12-15(20)17-13(6-5-11-19-17)8-9-14-7-3-4-10-18-14/h3-7,10-11H,2,8-9,12H2,1H3. The molecule has 0 aromatic carbocycles. The first kappa shape index (κ1) is 15.8. The van der Waals surface area contributed by atoms with E-state index in [9.17, 15) is 9.59 Å². The third-order valence-electron chi connectivity index (χ3n) is 3.14. The maximum atomic E-state index is 12.2. The highest BCUT2D eigenvalue weighted by Gasteiger charge is 2.17. The molecule has 0 aliphatic heterocycles. The van der Waals surface area contributed by atoms with E-state index in [2.05, 4.69) is 9.97 Å². The fourth-order valence-electron chi connectivity index (χ4n) is 2.13. The van der Waals surface area contributed by atoms with Crippen LogP contribution in [0, 0.1) is 0 Å². The molecule has 2 heterocycles. The Kier molecular flexibility index (Phi) is 5.77. The Bertz CT molecular complexity index is 641. The molecule has 2 rings (SSSR count). The van der Waals surface area contributed by atoms with Gasteiger partial charge in [0.2, 0.25) is 0 Å². The van der Waals surface area contributed by atoms with E-state index in [1.165, 1.54) is 0 Å². The average Bonchev–Trinajstić information content (AvgIpc) is 2.54. The van der Waals surface area contributed by atoms with Crippen molar-refractivity contribution in [3.8, 4) is 0 Å². The minimum Gasteiger partial charge on any atom is -0.466 e. The molecular formula is C17H18N2O3.